The molecule has 1 fully saturated rings. The lowest BCUT2D eigenvalue weighted by molar-refractivity contribution is -0.132. The van der Waals surface area contributed by atoms with Crippen LogP contribution in [0.3, 0.4) is 0 Å². The SMILES string of the molecule is C[C@@H](NC(=O)CNC1CC1)[C@H](NC(=O)c1ccc(C#C/C=C/c2ccccc2)cc1)C(=O)NO. The quantitative estimate of drug-likeness (QED) is 0.221. The van der Waals surface area contributed by atoms with Gasteiger partial charge in [-0.25, -0.2) is 5.48 Å². The predicted molar refractivity (Wildman–Crippen MR) is 129 cm³/mol. The number of rotatable bonds is 9. The van der Waals surface area contributed by atoms with Crippen molar-refractivity contribution >= 4 is 23.8 Å². The molecule has 0 saturated heterocycles. The minimum Gasteiger partial charge on any atom is -0.350 e. The maximum absolute atomic E-state index is 12.7. The van der Waals surface area contributed by atoms with Crippen molar-refractivity contribution in [1.82, 2.24) is 21.4 Å². The molecule has 1 saturated carbocycles. The van der Waals surface area contributed by atoms with E-state index in [2.05, 4.69) is 27.8 Å². The number of carbonyl (C=O) groups is 3. The molecule has 8 nitrogen and oxygen atoms in total. The zero-order valence-electron chi connectivity index (χ0n) is 18.9. The molecule has 2 atom stereocenters. The Labute approximate surface area is 198 Å². The van der Waals surface area contributed by atoms with E-state index in [1.807, 2.05) is 36.4 Å². The van der Waals surface area contributed by atoms with Gasteiger partial charge >= 0.3 is 0 Å². The summed E-state index contributed by atoms with van der Waals surface area (Å²) in [7, 11) is 0. The molecular weight excluding hydrogens is 432 g/mol. The highest BCUT2D eigenvalue weighted by molar-refractivity contribution is 5.98. The van der Waals surface area contributed by atoms with Gasteiger partial charge < -0.3 is 16.0 Å². The number of carbonyl (C=O) groups excluding carboxylic acids is 3. The van der Waals surface area contributed by atoms with Gasteiger partial charge in [-0.05, 0) is 61.7 Å². The van der Waals surface area contributed by atoms with Crippen molar-refractivity contribution in [2.24, 2.45) is 0 Å². The Balaban J connectivity index is 1.57. The number of amides is 3. The molecule has 0 spiro atoms. The molecule has 0 aliphatic heterocycles. The summed E-state index contributed by atoms with van der Waals surface area (Å²) in [5, 5.41) is 17.4. The first-order valence-electron chi connectivity index (χ1n) is 11.1. The van der Waals surface area contributed by atoms with E-state index in [0.717, 1.165) is 24.0 Å². The van der Waals surface area contributed by atoms with E-state index in [1.54, 1.807) is 42.7 Å². The maximum Gasteiger partial charge on any atom is 0.268 e. The molecule has 0 aromatic heterocycles. The Morgan fingerprint density at radius 3 is 2.41 bits per heavy atom. The minimum atomic E-state index is -1.16. The van der Waals surface area contributed by atoms with Crippen LogP contribution in [0.5, 0.6) is 0 Å². The van der Waals surface area contributed by atoms with Crippen molar-refractivity contribution in [3.05, 3.63) is 77.4 Å². The van der Waals surface area contributed by atoms with E-state index in [-0.39, 0.29) is 12.5 Å². The first kappa shape index (κ1) is 24.7. The van der Waals surface area contributed by atoms with Crippen LogP contribution in [0.15, 0.2) is 60.7 Å². The van der Waals surface area contributed by atoms with Crippen LogP contribution in [0.1, 0.15) is 41.3 Å². The second kappa shape index (κ2) is 12.3. The molecular formula is C26H28N4O4. The van der Waals surface area contributed by atoms with E-state index in [1.165, 1.54) is 0 Å². The largest absolute Gasteiger partial charge is 0.350 e. The third kappa shape index (κ3) is 7.89. The standard InChI is InChI=1S/C26H28N4O4/c1-18(28-23(31)17-27-22-15-16-22)24(26(33)30-34)29-25(32)21-13-11-20(12-14-21)10-6-5-9-19-7-3-2-4-8-19/h2-5,7-9,11-14,18,22,24,27,34H,15-17H2,1H3,(H,28,31)(H,29,32)(H,30,33)/b9-5+/t18-,24+/m1/s1. The van der Waals surface area contributed by atoms with Gasteiger partial charge in [-0.3, -0.25) is 19.6 Å². The molecule has 3 amide bonds. The molecule has 2 aromatic carbocycles. The summed E-state index contributed by atoms with van der Waals surface area (Å²) >= 11 is 0. The van der Waals surface area contributed by atoms with Gasteiger partial charge in [0.05, 0.1) is 12.6 Å². The molecule has 1 aliphatic rings. The van der Waals surface area contributed by atoms with E-state index in [0.29, 0.717) is 11.6 Å². The third-order valence-corrected chi connectivity index (χ3v) is 5.22. The lowest BCUT2D eigenvalue weighted by atomic mass is 10.1. The molecule has 2 aromatic rings. The highest BCUT2D eigenvalue weighted by Crippen LogP contribution is 2.17. The molecule has 34 heavy (non-hydrogen) atoms. The number of benzene rings is 2. The molecule has 5 N–H and O–H groups in total. The van der Waals surface area contributed by atoms with Crippen LogP contribution in [0.4, 0.5) is 0 Å². The molecule has 1 aliphatic carbocycles. The van der Waals surface area contributed by atoms with Gasteiger partial charge in [0.1, 0.15) is 6.04 Å². The lowest BCUT2D eigenvalue weighted by Gasteiger charge is -2.24. The van der Waals surface area contributed by atoms with Crippen LogP contribution >= 0.6 is 0 Å². The van der Waals surface area contributed by atoms with E-state index in [9.17, 15) is 14.4 Å². The van der Waals surface area contributed by atoms with Gasteiger partial charge in [-0.1, -0.05) is 42.2 Å². The van der Waals surface area contributed by atoms with Crippen molar-refractivity contribution in [1.29, 1.82) is 0 Å². The second-order valence-corrected chi connectivity index (χ2v) is 8.03. The third-order valence-electron chi connectivity index (χ3n) is 5.22. The fourth-order valence-corrected chi connectivity index (χ4v) is 3.16. The van der Waals surface area contributed by atoms with E-state index >= 15 is 0 Å². The van der Waals surface area contributed by atoms with E-state index in [4.69, 9.17) is 5.21 Å². The van der Waals surface area contributed by atoms with Gasteiger partial charge in [0.15, 0.2) is 0 Å². The number of hydrogen-bond acceptors (Lipinski definition) is 5. The van der Waals surface area contributed by atoms with E-state index < -0.39 is 23.9 Å². The maximum atomic E-state index is 12.7. The molecule has 176 valence electrons. The van der Waals surface area contributed by atoms with Crippen LogP contribution in [0, 0.1) is 11.8 Å². The average Bonchev–Trinajstić information content (AvgIpc) is 3.69. The Morgan fingerprint density at radius 2 is 1.76 bits per heavy atom. The summed E-state index contributed by atoms with van der Waals surface area (Å²) < 4.78 is 0. The predicted octanol–water partition coefficient (Wildman–Crippen LogP) is 1.61. The topological polar surface area (TPSA) is 120 Å². The van der Waals surface area contributed by atoms with Gasteiger partial charge in [0.25, 0.3) is 11.8 Å². The van der Waals surface area contributed by atoms with Gasteiger partial charge in [-0.15, -0.1) is 0 Å². The molecule has 0 heterocycles. The summed E-state index contributed by atoms with van der Waals surface area (Å²) in [6.07, 6.45) is 5.75. The lowest BCUT2D eigenvalue weighted by Crippen LogP contribution is -2.58. The van der Waals surface area contributed by atoms with Gasteiger partial charge in [-0.2, -0.15) is 0 Å². The highest BCUT2D eigenvalue weighted by atomic mass is 16.5. The molecule has 3 rings (SSSR count). The number of nitrogens with one attached hydrogen (secondary N) is 4. The van der Waals surface area contributed by atoms with Crippen molar-refractivity contribution < 1.29 is 19.6 Å². The Bertz CT molecular complexity index is 1080. The number of allylic oxidation sites excluding steroid dienone is 1. The second-order valence-electron chi connectivity index (χ2n) is 8.03. The van der Waals surface area contributed by atoms with Crippen molar-refractivity contribution in [2.75, 3.05) is 6.54 Å². The summed E-state index contributed by atoms with van der Waals surface area (Å²) in [4.78, 5) is 36.9. The summed E-state index contributed by atoms with van der Waals surface area (Å²) in [5.41, 5.74) is 3.63. The monoisotopic (exact) mass is 460 g/mol. The number of hydrogen-bond donors (Lipinski definition) is 5. The van der Waals surface area contributed by atoms with Crippen molar-refractivity contribution in [3.8, 4) is 11.8 Å². The fourth-order valence-electron chi connectivity index (χ4n) is 3.16. The van der Waals surface area contributed by atoms with Crippen molar-refractivity contribution in [2.45, 2.75) is 37.9 Å². The van der Waals surface area contributed by atoms with Crippen LogP contribution < -0.4 is 21.4 Å². The van der Waals surface area contributed by atoms with Crippen LogP contribution in [0.2, 0.25) is 0 Å². The molecule has 0 unspecified atom stereocenters. The fraction of sp³-hybridized carbons (Fsp3) is 0.269. The summed E-state index contributed by atoms with van der Waals surface area (Å²) in [6.45, 7) is 1.70. The number of hydroxylamine groups is 1. The van der Waals surface area contributed by atoms with Crippen LogP contribution in [-0.4, -0.2) is 47.6 Å². The zero-order valence-corrected chi connectivity index (χ0v) is 18.9. The smallest absolute Gasteiger partial charge is 0.268 e. The Kier molecular flexibility index (Phi) is 8.97. The minimum absolute atomic E-state index is 0.124. The first-order chi connectivity index (χ1) is 16.5. The molecule has 0 bridgehead atoms. The normalized spacial score (nSPS) is 14.4. The average molecular weight is 461 g/mol. The summed E-state index contributed by atoms with van der Waals surface area (Å²) in [5.74, 6) is 4.30. The first-order valence-corrected chi connectivity index (χ1v) is 11.1. The van der Waals surface area contributed by atoms with Crippen LogP contribution in [-0.2, 0) is 9.59 Å². The molecule has 8 heteroatoms. The Hall–Kier alpha value is -3.93. The van der Waals surface area contributed by atoms with Gasteiger partial charge in [0.2, 0.25) is 5.91 Å². The van der Waals surface area contributed by atoms with Crippen molar-refractivity contribution in [3.63, 3.8) is 0 Å². The zero-order chi connectivity index (χ0) is 24.3. The van der Waals surface area contributed by atoms with Crippen LogP contribution in [0.25, 0.3) is 6.08 Å². The molecule has 0 radical (unpaired) electrons. The highest BCUT2D eigenvalue weighted by Gasteiger charge is 2.29. The Morgan fingerprint density at radius 1 is 1.06 bits per heavy atom. The summed E-state index contributed by atoms with van der Waals surface area (Å²) in [6, 6.07) is 14.9. The van der Waals surface area contributed by atoms with Gasteiger partial charge in [0, 0.05) is 17.2 Å².